The van der Waals surface area contributed by atoms with Gasteiger partial charge in [0.2, 0.25) is 0 Å². The first kappa shape index (κ1) is 23.4. The maximum Gasteiger partial charge on any atom is 0.291 e. The van der Waals surface area contributed by atoms with Gasteiger partial charge < -0.3 is 19.6 Å². The standard InChI is InChI=1S/C21H22N6O3.CH2O2/c1-3-29-11-10-27-14-17(20(25-27)16-6-4-5-9-22-16)24-21(28)19-8-7-18(30-19)15-12-23-26(2)13-15;2-1-3/h4-9,12-14H,3,10-11H2,1-2H3,(H,24,28);1H,(H,2,3). The van der Waals surface area contributed by atoms with E-state index in [1.165, 1.54) is 0 Å². The van der Waals surface area contributed by atoms with Crippen LogP contribution in [0.15, 0.2) is 59.5 Å². The molecule has 11 heteroatoms. The minimum absolute atomic E-state index is 0.197. The Kier molecular flexibility index (Phi) is 8.08. The number of carboxylic acid groups (broad SMARTS) is 1. The van der Waals surface area contributed by atoms with Crippen molar-refractivity contribution >= 4 is 18.1 Å². The van der Waals surface area contributed by atoms with Crippen molar-refractivity contribution in [1.29, 1.82) is 0 Å². The molecular weight excluding hydrogens is 428 g/mol. The quantitative estimate of drug-likeness (QED) is 0.307. The van der Waals surface area contributed by atoms with Gasteiger partial charge in [-0.2, -0.15) is 10.2 Å². The third-order valence-electron chi connectivity index (χ3n) is 4.41. The number of ether oxygens (including phenoxy) is 1. The molecule has 0 saturated heterocycles. The van der Waals surface area contributed by atoms with E-state index in [1.807, 2.05) is 38.4 Å². The Morgan fingerprint density at radius 3 is 2.76 bits per heavy atom. The number of aryl methyl sites for hydroxylation is 1. The van der Waals surface area contributed by atoms with Crippen molar-refractivity contribution in [2.45, 2.75) is 13.5 Å². The number of amides is 1. The maximum atomic E-state index is 12.8. The van der Waals surface area contributed by atoms with E-state index in [4.69, 9.17) is 19.1 Å². The van der Waals surface area contributed by atoms with Gasteiger partial charge in [0, 0.05) is 32.2 Å². The molecule has 0 aliphatic carbocycles. The third-order valence-corrected chi connectivity index (χ3v) is 4.41. The van der Waals surface area contributed by atoms with Crippen LogP contribution in [0.2, 0.25) is 0 Å². The van der Waals surface area contributed by atoms with Crippen LogP contribution in [0.25, 0.3) is 22.7 Å². The summed E-state index contributed by atoms with van der Waals surface area (Å²) in [5, 5.41) is 18.5. The van der Waals surface area contributed by atoms with E-state index in [1.54, 1.807) is 40.1 Å². The Bertz CT molecular complexity index is 1180. The number of aromatic nitrogens is 5. The highest BCUT2D eigenvalue weighted by Crippen LogP contribution is 2.26. The van der Waals surface area contributed by atoms with Gasteiger partial charge in [0.1, 0.15) is 11.5 Å². The zero-order valence-electron chi connectivity index (χ0n) is 18.2. The van der Waals surface area contributed by atoms with Crippen LogP contribution in [0.1, 0.15) is 17.5 Å². The fourth-order valence-electron chi connectivity index (χ4n) is 2.97. The molecule has 0 fully saturated rings. The molecule has 1 amide bonds. The lowest BCUT2D eigenvalue weighted by Crippen LogP contribution is -2.11. The lowest BCUT2D eigenvalue weighted by Gasteiger charge is -2.03. The number of nitrogens with zero attached hydrogens (tertiary/aromatic N) is 5. The lowest BCUT2D eigenvalue weighted by atomic mass is 10.2. The van der Waals surface area contributed by atoms with E-state index in [2.05, 4.69) is 20.5 Å². The van der Waals surface area contributed by atoms with Gasteiger partial charge in [-0.3, -0.25) is 23.9 Å². The largest absolute Gasteiger partial charge is 0.483 e. The Balaban J connectivity index is 0.000000968. The molecule has 4 heterocycles. The summed E-state index contributed by atoms with van der Waals surface area (Å²) in [5.74, 6) is 0.403. The molecule has 0 radical (unpaired) electrons. The molecule has 4 aromatic rings. The summed E-state index contributed by atoms with van der Waals surface area (Å²) in [6.45, 7) is 3.42. The predicted molar refractivity (Wildman–Crippen MR) is 120 cm³/mol. The van der Waals surface area contributed by atoms with Gasteiger partial charge in [-0.15, -0.1) is 0 Å². The number of hydrogen-bond acceptors (Lipinski definition) is 7. The van der Waals surface area contributed by atoms with Crippen LogP contribution in [0.3, 0.4) is 0 Å². The molecule has 33 heavy (non-hydrogen) atoms. The molecule has 2 N–H and O–H groups in total. The first-order chi connectivity index (χ1) is 16.0. The molecule has 0 spiro atoms. The number of furan rings is 1. The number of pyridine rings is 1. The number of carbonyl (C=O) groups is 2. The summed E-state index contributed by atoms with van der Waals surface area (Å²) < 4.78 is 14.5. The lowest BCUT2D eigenvalue weighted by molar-refractivity contribution is -0.122. The van der Waals surface area contributed by atoms with Crippen molar-refractivity contribution in [1.82, 2.24) is 24.5 Å². The summed E-state index contributed by atoms with van der Waals surface area (Å²) in [7, 11) is 1.82. The highest BCUT2D eigenvalue weighted by Gasteiger charge is 2.18. The second kappa shape index (κ2) is 11.4. The van der Waals surface area contributed by atoms with Gasteiger partial charge in [-0.05, 0) is 31.2 Å². The van der Waals surface area contributed by atoms with Crippen molar-refractivity contribution in [3.05, 3.63) is 60.9 Å². The number of nitrogens with one attached hydrogen (secondary N) is 1. The van der Waals surface area contributed by atoms with Gasteiger partial charge in [-0.1, -0.05) is 6.07 Å². The number of anilines is 1. The highest BCUT2D eigenvalue weighted by molar-refractivity contribution is 6.04. The van der Waals surface area contributed by atoms with Crippen molar-refractivity contribution in [2.75, 3.05) is 18.5 Å². The molecule has 0 bridgehead atoms. The zero-order chi connectivity index (χ0) is 23.6. The summed E-state index contributed by atoms with van der Waals surface area (Å²) in [4.78, 5) is 25.5. The average Bonchev–Trinajstić information content (AvgIpc) is 3.55. The molecule has 172 valence electrons. The van der Waals surface area contributed by atoms with Crippen LogP contribution < -0.4 is 5.32 Å². The van der Waals surface area contributed by atoms with Crippen LogP contribution >= 0.6 is 0 Å². The SMILES string of the molecule is CCOCCn1cc(NC(=O)c2ccc(-c3cnn(C)c3)o2)c(-c2ccccn2)n1.O=CO. The summed E-state index contributed by atoms with van der Waals surface area (Å²) >= 11 is 0. The van der Waals surface area contributed by atoms with Crippen LogP contribution in [-0.2, 0) is 23.1 Å². The second-order valence-corrected chi connectivity index (χ2v) is 6.69. The molecule has 4 aromatic heterocycles. The Labute approximate surface area is 189 Å². The highest BCUT2D eigenvalue weighted by atomic mass is 16.5. The minimum Gasteiger partial charge on any atom is -0.483 e. The van der Waals surface area contributed by atoms with Crippen molar-refractivity contribution in [3.8, 4) is 22.7 Å². The van der Waals surface area contributed by atoms with E-state index < -0.39 is 0 Å². The zero-order valence-corrected chi connectivity index (χ0v) is 18.2. The second-order valence-electron chi connectivity index (χ2n) is 6.69. The predicted octanol–water partition coefficient (Wildman–Crippen LogP) is 2.93. The smallest absolute Gasteiger partial charge is 0.291 e. The van der Waals surface area contributed by atoms with Crippen LogP contribution in [0.5, 0.6) is 0 Å². The van der Waals surface area contributed by atoms with Gasteiger partial charge in [0.25, 0.3) is 12.4 Å². The minimum atomic E-state index is -0.369. The van der Waals surface area contributed by atoms with Gasteiger partial charge in [0.15, 0.2) is 5.76 Å². The maximum absolute atomic E-state index is 12.8. The number of rotatable bonds is 8. The van der Waals surface area contributed by atoms with E-state index in [-0.39, 0.29) is 18.1 Å². The van der Waals surface area contributed by atoms with Crippen LogP contribution in [-0.4, -0.2) is 55.2 Å². The molecule has 0 saturated carbocycles. The van der Waals surface area contributed by atoms with Crippen LogP contribution in [0.4, 0.5) is 5.69 Å². The number of hydrogen-bond donors (Lipinski definition) is 2. The monoisotopic (exact) mass is 452 g/mol. The molecule has 11 nitrogen and oxygen atoms in total. The number of carbonyl (C=O) groups excluding carboxylic acids is 1. The average molecular weight is 452 g/mol. The van der Waals surface area contributed by atoms with Crippen LogP contribution in [0, 0.1) is 0 Å². The van der Waals surface area contributed by atoms with E-state index >= 15 is 0 Å². The van der Waals surface area contributed by atoms with Crippen molar-refractivity contribution in [2.24, 2.45) is 7.05 Å². The van der Waals surface area contributed by atoms with E-state index in [9.17, 15) is 4.79 Å². The molecule has 0 aliphatic heterocycles. The normalized spacial score (nSPS) is 10.4. The Morgan fingerprint density at radius 2 is 2.09 bits per heavy atom. The topological polar surface area (TPSA) is 137 Å². The molecule has 0 aromatic carbocycles. The van der Waals surface area contributed by atoms with Gasteiger partial charge >= 0.3 is 0 Å². The summed E-state index contributed by atoms with van der Waals surface area (Å²) in [6.07, 6.45) is 6.96. The van der Waals surface area contributed by atoms with Gasteiger partial charge in [0.05, 0.1) is 36.3 Å². The molecule has 4 rings (SSSR count). The Hall–Kier alpha value is -4.25. The molecule has 0 unspecified atom stereocenters. The fourth-order valence-corrected chi connectivity index (χ4v) is 2.97. The molecular formula is C22H24N6O5. The summed E-state index contributed by atoms with van der Waals surface area (Å²) in [5.41, 5.74) is 2.60. The molecule has 0 aliphatic rings. The van der Waals surface area contributed by atoms with Crippen molar-refractivity contribution in [3.63, 3.8) is 0 Å². The third kappa shape index (κ3) is 6.14. The summed E-state index contributed by atoms with van der Waals surface area (Å²) in [6, 6.07) is 8.93. The van der Waals surface area contributed by atoms with Crippen molar-refractivity contribution < 1.29 is 23.8 Å². The van der Waals surface area contributed by atoms with E-state index in [0.29, 0.717) is 42.6 Å². The first-order valence-corrected chi connectivity index (χ1v) is 10.1. The Morgan fingerprint density at radius 1 is 1.27 bits per heavy atom. The van der Waals surface area contributed by atoms with Gasteiger partial charge in [-0.25, -0.2) is 0 Å². The molecule has 0 atom stereocenters. The fraction of sp³-hybridized carbons (Fsp3) is 0.227. The first-order valence-electron chi connectivity index (χ1n) is 10.1. The van der Waals surface area contributed by atoms with E-state index in [0.717, 1.165) is 5.56 Å².